The Kier molecular flexibility index (Phi) is 5.82. The molecule has 0 N–H and O–H groups in total. The van der Waals surface area contributed by atoms with E-state index in [9.17, 15) is 0 Å². The minimum Gasteiger partial charge on any atom is -0.486 e. The third kappa shape index (κ3) is 5.69. The van der Waals surface area contributed by atoms with Gasteiger partial charge in [-0.05, 0) is 54.2 Å². The van der Waals surface area contributed by atoms with Crippen molar-refractivity contribution in [3.63, 3.8) is 0 Å². The van der Waals surface area contributed by atoms with E-state index in [0.717, 1.165) is 22.0 Å². The van der Waals surface area contributed by atoms with Gasteiger partial charge in [0.05, 0.1) is 5.58 Å². The molecule has 0 saturated heterocycles. The number of furan rings is 1. The molecule has 4 aromatic heterocycles. The maximum Gasteiger partial charge on any atom is 0.216 e. The first-order valence-electron chi connectivity index (χ1n) is 14.9. The molecule has 0 bridgehead atoms. The number of hydrogen-bond acceptors (Lipinski definition) is 4. The number of rotatable bonds is 3. The van der Waals surface area contributed by atoms with Gasteiger partial charge in [0.25, 0.3) is 0 Å². The number of hydrogen-bond donors (Lipinski definition) is 0. The van der Waals surface area contributed by atoms with Crippen LogP contribution in [0, 0.1) is 25.8 Å². The van der Waals surface area contributed by atoms with Gasteiger partial charge in [0.1, 0.15) is 0 Å². The van der Waals surface area contributed by atoms with Crippen molar-refractivity contribution in [3.8, 4) is 22.5 Å². The molecule has 0 atom stereocenters. The molecule has 0 aliphatic carbocycles. The van der Waals surface area contributed by atoms with E-state index in [1.807, 2.05) is 36.4 Å². The van der Waals surface area contributed by atoms with E-state index in [-0.39, 0.29) is 31.2 Å². The molecule has 2 aromatic carbocycles. The smallest absolute Gasteiger partial charge is 0.216 e. The van der Waals surface area contributed by atoms with E-state index in [4.69, 9.17) is 14.0 Å². The molecular weight excluding hydrogens is 635 g/mol. The minimum absolute atomic E-state index is 0. The van der Waals surface area contributed by atoms with E-state index in [2.05, 4.69) is 27.1 Å². The summed E-state index contributed by atoms with van der Waals surface area (Å²) in [6.07, 6.45) is 4.52. The van der Waals surface area contributed by atoms with Crippen molar-refractivity contribution in [1.82, 2.24) is 15.0 Å². The molecule has 0 fully saturated rings. The van der Waals surface area contributed by atoms with Gasteiger partial charge >= 0.3 is 0 Å². The standard InChI is InChI=1S/C20H17N2O.C12H10N.Ir/c1-12(2)17-11-22-18(10-13(17)3)16-7-4-6-14-15-8-5-9-21-20(15)23-19(14)16;1-10-7-8-12(13-9-10)11-5-3-2-4-6-11;/h4-6,8-12H,1-3H3;2-5,7-9H,1H3;/q2*-1;/i3D3,12D;1D3;. The maximum atomic E-state index is 8.25. The maximum absolute atomic E-state index is 8.25. The second-order valence-corrected chi connectivity index (χ2v) is 8.38. The Hall–Kier alpha value is -3.66. The average molecular weight is 669 g/mol. The van der Waals surface area contributed by atoms with Gasteiger partial charge in [0.2, 0.25) is 5.71 Å². The Bertz CT molecular complexity index is 1880. The Morgan fingerprint density at radius 3 is 2.49 bits per heavy atom. The largest absolute Gasteiger partial charge is 0.486 e. The molecule has 0 unspecified atom stereocenters. The second-order valence-electron chi connectivity index (χ2n) is 8.38. The summed E-state index contributed by atoms with van der Waals surface area (Å²) in [6, 6.07) is 25.8. The van der Waals surface area contributed by atoms with Gasteiger partial charge in [-0.2, -0.15) is 0 Å². The van der Waals surface area contributed by atoms with Crippen molar-refractivity contribution < 1.29 is 34.1 Å². The van der Waals surface area contributed by atoms with Gasteiger partial charge in [0.15, 0.2) is 0 Å². The molecule has 4 heterocycles. The van der Waals surface area contributed by atoms with Gasteiger partial charge in [-0.25, -0.2) is 4.98 Å². The molecule has 0 amide bonds. The molecule has 0 spiro atoms. The Labute approximate surface area is 241 Å². The summed E-state index contributed by atoms with van der Waals surface area (Å²) >= 11 is 0. The van der Waals surface area contributed by atoms with Gasteiger partial charge in [0, 0.05) is 53.7 Å². The average Bonchev–Trinajstić information content (AvgIpc) is 3.35. The monoisotopic (exact) mass is 669 g/mol. The fraction of sp³-hybridized carbons (Fsp3) is 0.156. The zero-order chi connectivity index (χ0) is 31.0. The number of pyridine rings is 3. The van der Waals surface area contributed by atoms with E-state index in [1.165, 1.54) is 18.5 Å². The van der Waals surface area contributed by atoms with Crippen molar-refractivity contribution in [2.75, 3.05) is 0 Å². The first-order valence-corrected chi connectivity index (χ1v) is 11.4. The zero-order valence-corrected chi connectivity index (χ0v) is 22.6. The predicted octanol–water partition coefficient (Wildman–Crippen LogP) is 8.13. The molecule has 0 aliphatic rings. The molecule has 4 nitrogen and oxygen atoms in total. The predicted molar refractivity (Wildman–Crippen MR) is 146 cm³/mol. The molecule has 37 heavy (non-hydrogen) atoms. The summed E-state index contributed by atoms with van der Waals surface area (Å²) in [6.45, 7) is -1.14. The molecule has 1 radical (unpaired) electrons. The molecular formula is C32H27IrN3O-2. The van der Waals surface area contributed by atoms with Crippen molar-refractivity contribution in [1.29, 1.82) is 0 Å². The molecule has 6 aromatic rings. The normalized spacial score (nSPS) is 14.5. The Morgan fingerprint density at radius 2 is 1.76 bits per heavy atom. The van der Waals surface area contributed by atoms with E-state index >= 15 is 0 Å². The SMILES string of the molecule is [2H]C([2H])([2H])c1cc(-c2[c-]ccc3c2oc2ncccc23)ncc1C([2H])(C)C.[2H]C([2H])([2H])c1ccc(-c2[c-]cccc2)nc1.[Ir]. The van der Waals surface area contributed by atoms with Crippen molar-refractivity contribution in [2.45, 2.75) is 33.4 Å². The third-order valence-corrected chi connectivity index (χ3v) is 5.66. The summed E-state index contributed by atoms with van der Waals surface area (Å²) in [5, 5.41) is 1.75. The fourth-order valence-corrected chi connectivity index (χ4v) is 3.86. The fourth-order valence-electron chi connectivity index (χ4n) is 3.86. The van der Waals surface area contributed by atoms with Crippen molar-refractivity contribution in [2.24, 2.45) is 0 Å². The summed E-state index contributed by atoms with van der Waals surface area (Å²) < 4.78 is 59.5. The van der Waals surface area contributed by atoms with Crippen LogP contribution in [0.2, 0.25) is 0 Å². The van der Waals surface area contributed by atoms with Crippen LogP contribution >= 0.6 is 0 Å². The van der Waals surface area contributed by atoms with Gasteiger partial charge < -0.3 is 14.4 Å². The number of aromatic nitrogens is 3. The molecule has 0 saturated carbocycles. The second kappa shape index (κ2) is 11.6. The first-order chi connectivity index (χ1) is 20.2. The van der Waals surface area contributed by atoms with Crippen LogP contribution in [-0.2, 0) is 20.1 Å². The van der Waals surface area contributed by atoms with Crippen LogP contribution in [0.25, 0.3) is 44.6 Å². The van der Waals surface area contributed by atoms with E-state index in [1.54, 1.807) is 44.3 Å². The van der Waals surface area contributed by atoms with Crippen LogP contribution < -0.4 is 0 Å². The van der Waals surface area contributed by atoms with Crippen LogP contribution in [0.1, 0.15) is 46.0 Å². The number of fused-ring (bicyclic) bond motifs is 3. The Morgan fingerprint density at radius 1 is 0.865 bits per heavy atom. The van der Waals surface area contributed by atoms with E-state index < -0.39 is 19.6 Å². The van der Waals surface area contributed by atoms with Crippen LogP contribution in [0.5, 0.6) is 0 Å². The van der Waals surface area contributed by atoms with Crippen LogP contribution in [0.4, 0.5) is 0 Å². The molecule has 187 valence electrons. The van der Waals surface area contributed by atoms with E-state index in [0.29, 0.717) is 28.1 Å². The molecule has 0 aliphatic heterocycles. The third-order valence-electron chi connectivity index (χ3n) is 5.66. The van der Waals surface area contributed by atoms with Gasteiger partial charge in [-0.15, -0.1) is 54.1 Å². The molecule has 5 heteroatoms. The van der Waals surface area contributed by atoms with Crippen LogP contribution in [0.3, 0.4) is 0 Å². The van der Waals surface area contributed by atoms with Crippen LogP contribution in [-0.4, -0.2) is 15.0 Å². The summed E-state index contributed by atoms with van der Waals surface area (Å²) in [4.78, 5) is 12.8. The molecule has 6 rings (SSSR count). The van der Waals surface area contributed by atoms with Crippen molar-refractivity contribution in [3.05, 3.63) is 114 Å². The summed E-state index contributed by atoms with van der Waals surface area (Å²) in [7, 11) is 0. The number of nitrogens with zero attached hydrogens (tertiary/aromatic N) is 3. The summed E-state index contributed by atoms with van der Waals surface area (Å²) in [5.74, 6) is -1.08. The first kappa shape index (κ1) is 18.6. The quantitative estimate of drug-likeness (QED) is 0.179. The minimum atomic E-state index is -2.35. The summed E-state index contributed by atoms with van der Waals surface area (Å²) in [5.41, 5.74) is 4.43. The number of aryl methyl sites for hydroxylation is 2. The number of benzene rings is 2. The topological polar surface area (TPSA) is 51.8 Å². The zero-order valence-electron chi connectivity index (χ0n) is 27.2. The Balaban J connectivity index is 0.000000223. The van der Waals surface area contributed by atoms with Gasteiger partial charge in [-0.3, -0.25) is 0 Å². The van der Waals surface area contributed by atoms with Crippen molar-refractivity contribution >= 4 is 22.1 Å². The van der Waals surface area contributed by atoms with Gasteiger partial charge in [-0.1, -0.05) is 48.6 Å². The van der Waals surface area contributed by atoms with Crippen LogP contribution in [0.15, 0.2) is 89.7 Å².